The lowest BCUT2D eigenvalue weighted by molar-refractivity contribution is -0.116. The smallest absolute Gasteiger partial charge is 0.224 e. The molecule has 204 valence electrons. The van der Waals surface area contributed by atoms with E-state index in [1.54, 1.807) is 20.8 Å². The van der Waals surface area contributed by atoms with Gasteiger partial charge < -0.3 is 15.3 Å². The van der Waals surface area contributed by atoms with Gasteiger partial charge in [0.2, 0.25) is 15.9 Å². The van der Waals surface area contributed by atoms with E-state index < -0.39 is 20.4 Å². The number of anilines is 2. The molecular formula is C28H40ClN3O4S. The van der Waals surface area contributed by atoms with E-state index in [9.17, 15) is 18.3 Å². The van der Waals surface area contributed by atoms with Crippen molar-refractivity contribution in [3.63, 3.8) is 0 Å². The highest BCUT2D eigenvalue weighted by Gasteiger charge is 2.34. The first-order valence-corrected chi connectivity index (χ1v) is 14.7. The van der Waals surface area contributed by atoms with Gasteiger partial charge in [0.1, 0.15) is 0 Å². The third-order valence-corrected chi connectivity index (χ3v) is 9.50. The number of benzene rings is 2. The Hall–Kier alpha value is -2.13. The van der Waals surface area contributed by atoms with Crippen molar-refractivity contribution in [2.24, 2.45) is 5.92 Å². The van der Waals surface area contributed by atoms with Crippen molar-refractivity contribution in [2.45, 2.75) is 70.7 Å². The number of carbonyl (C=O) groups excluding carboxylic acids is 1. The van der Waals surface area contributed by atoms with Gasteiger partial charge in [-0.3, -0.25) is 4.79 Å². The van der Waals surface area contributed by atoms with Crippen LogP contribution in [0.3, 0.4) is 0 Å². The second-order valence-electron chi connectivity index (χ2n) is 11.2. The van der Waals surface area contributed by atoms with Crippen LogP contribution in [0.15, 0.2) is 42.5 Å². The van der Waals surface area contributed by atoms with E-state index in [1.807, 2.05) is 56.3 Å². The van der Waals surface area contributed by atoms with Crippen molar-refractivity contribution in [1.29, 1.82) is 0 Å². The van der Waals surface area contributed by atoms with Gasteiger partial charge in [-0.1, -0.05) is 30.7 Å². The van der Waals surface area contributed by atoms with Crippen LogP contribution in [0.25, 0.3) is 0 Å². The standard InChI is InChI=1S/C28H40ClN3O4S/c1-20(19-30-37(35,36)27(3,4)5)6-13-26(33)31-24-11-12-25(21(2)18-24)32-16-14-28(34,15-17-32)22-7-9-23(29)10-8-22/h7-12,18,20,30,34H,6,13-17,19H2,1-5H3,(H,31,33). The number of rotatable bonds is 9. The molecule has 2 aromatic carbocycles. The Morgan fingerprint density at radius 2 is 1.76 bits per heavy atom. The van der Waals surface area contributed by atoms with Gasteiger partial charge in [0, 0.05) is 42.5 Å². The van der Waals surface area contributed by atoms with Crippen molar-refractivity contribution in [1.82, 2.24) is 4.72 Å². The van der Waals surface area contributed by atoms with E-state index in [0.29, 0.717) is 37.3 Å². The first-order valence-electron chi connectivity index (χ1n) is 12.8. The summed E-state index contributed by atoms with van der Waals surface area (Å²) in [7, 11) is -3.39. The predicted molar refractivity (Wildman–Crippen MR) is 152 cm³/mol. The predicted octanol–water partition coefficient (Wildman–Crippen LogP) is 5.21. The molecule has 2 aromatic rings. The molecule has 1 aliphatic heterocycles. The summed E-state index contributed by atoms with van der Waals surface area (Å²) in [6.07, 6.45) is 2.14. The van der Waals surface area contributed by atoms with E-state index in [1.165, 1.54) is 0 Å². The summed E-state index contributed by atoms with van der Waals surface area (Å²) in [5.41, 5.74) is 2.93. The third-order valence-electron chi connectivity index (χ3n) is 7.09. The van der Waals surface area contributed by atoms with E-state index in [4.69, 9.17) is 11.6 Å². The maximum Gasteiger partial charge on any atom is 0.224 e. The summed E-state index contributed by atoms with van der Waals surface area (Å²) in [4.78, 5) is 14.8. The molecule has 1 unspecified atom stereocenters. The molecule has 0 radical (unpaired) electrons. The highest BCUT2D eigenvalue weighted by atomic mass is 35.5. The molecule has 0 saturated carbocycles. The van der Waals surface area contributed by atoms with Crippen LogP contribution in [0.5, 0.6) is 0 Å². The molecule has 1 heterocycles. The van der Waals surface area contributed by atoms with E-state index in [0.717, 1.165) is 35.6 Å². The molecule has 37 heavy (non-hydrogen) atoms. The maximum atomic E-state index is 12.5. The number of halogens is 1. The molecule has 0 aromatic heterocycles. The molecule has 3 N–H and O–H groups in total. The summed E-state index contributed by atoms with van der Waals surface area (Å²) in [6.45, 7) is 10.7. The number of aryl methyl sites for hydroxylation is 1. The first-order chi connectivity index (χ1) is 17.2. The summed E-state index contributed by atoms with van der Waals surface area (Å²) >= 11 is 5.99. The molecule has 7 nitrogen and oxygen atoms in total. The fraction of sp³-hybridized carbons (Fsp3) is 0.536. The average Bonchev–Trinajstić information content (AvgIpc) is 2.82. The van der Waals surface area contributed by atoms with Gasteiger partial charge in [0.15, 0.2) is 0 Å². The number of hydrogen-bond donors (Lipinski definition) is 3. The molecule has 9 heteroatoms. The first kappa shape index (κ1) is 29.4. The van der Waals surface area contributed by atoms with Crippen LogP contribution in [0, 0.1) is 12.8 Å². The van der Waals surface area contributed by atoms with Crippen LogP contribution in [-0.2, 0) is 20.4 Å². The normalized spacial score (nSPS) is 16.9. The fourth-order valence-electron chi connectivity index (χ4n) is 4.43. The van der Waals surface area contributed by atoms with Gasteiger partial charge in [0.25, 0.3) is 0 Å². The van der Waals surface area contributed by atoms with Crippen LogP contribution in [-0.4, -0.2) is 43.8 Å². The fourth-order valence-corrected chi connectivity index (χ4v) is 5.49. The molecule has 3 rings (SSSR count). The van der Waals surface area contributed by atoms with Crippen LogP contribution < -0.4 is 14.9 Å². The molecule has 1 amide bonds. The Morgan fingerprint density at radius 1 is 1.14 bits per heavy atom. The Balaban J connectivity index is 1.49. The average molecular weight is 550 g/mol. The summed E-state index contributed by atoms with van der Waals surface area (Å²) in [5, 5.41) is 14.8. The zero-order chi connectivity index (χ0) is 27.4. The minimum Gasteiger partial charge on any atom is -0.385 e. The molecular weight excluding hydrogens is 510 g/mol. The Kier molecular flexibility index (Phi) is 9.32. The minimum absolute atomic E-state index is 0.0394. The lowest BCUT2D eigenvalue weighted by atomic mass is 9.84. The second-order valence-corrected chi connectivity index (χ2v) is 14.1. The van der Waals surface area contributed by atoms with Crippen molar-refractivity contribution in [3.05, 3.63) is 58.6 Å². The van der Waals surface area contributed by atoms with Gasteiger partial charge in [-0.2, -0.15) is 0 Å². The van der Waals surface area contributed by atoms with Crippen LogP contribution in [0.4, 0.5) is 11.4 Å². The van der Waals surface area contributed by atoms with Gasteiger partial charge in [-0.05, 0) is 94.3 Å². The third kappa shape index (κ3) is 7.69. The minimum atomic E-state index is -3.39. The van der Waals surface area contributed by atoms with Crippen LogP contribution in [0.1, 0.15) is 64.5 Å². The SMILES string of the molecule is Cc1cc(NC(=O)CCC(C)CNS(=O)(=O)C(C)(C)C)ccc1N1CCC(O)(c2ccc(Cl)cc2)CC1. The molecule has 0 spiro atoms. The van der Waals surface area contributed by atoms with Crippen LogP contribution >= 0.6 is 11.6 Å². The topological polar surface area (TPSA) is 98.7 Å². The molecule has 1 atom stereocenters. The lowest BCUT2D eigenvalue weighted by Crippen LogP contribution is -2.42. The van der Waals surface area contributed by atoms with E-state index >= 15 is 0 Å². The van der Waals surface area contributed by atoms with Crippen molar-refractivity contribution < 1.29 is 18.3 Å². The van der Waals surface area contributed by atoms with Gasteiger partial charge in [0.05, 0.1) is 10.3 Å². The van der Waals surface area contributed by atoms with Crippen molar-refractivity contribution >= 4 is 38.9 Å². The number of sulfonamides is 1. The second kappa shape index (κ2) is 11.7. The number of nitrogens with one attached hydrogen (secondary N) is 2. The Bertz CT molecular complexity index is 1180. The van der Waals surface area contributed by atoms with Gasteiger partial charge in [-0.15, -0.1) is 0 Å². The summed E-state index contributed by atoms with van der Waals surface area (Å²) in [5.74, 6) is -0.0544. The van der Waals surface area contributed by atoms with E-state index in [2.05, 4.69) is 14.9 Å². The number of carbonyl (C=O) groups is 1. The van der Waals surface area contributed by atoms with Crippen molar-refractivity contribution in [2.75, 3.05) is 29.9 Å². The van der Waals surface area contributed by atoms with Crippen LogP contribution in [0.2, 0.25) is 5.02 Å². The Morgan fingerprint density at radius 3 is 2.32 bits per heavy atom. The zero-order valence-electron chi connectivity index (χ0n) is 22.5. The maximum absolute atomic E-state index is 12.5. The molecule has 1 saturated heterocycles. The number of nitrogens with zero attached hydrogens (tertiary/aromatic N) is 1. The lowest BCUT2D eigenvalue weighted by Gasteiger charge is -2.40. The number of amides is 1. The quantitative estimate of drug-likeness (QED) is 0.399. The van der Waals surface area contributed by atoms with Crippen molar-refractivity contribution in [3.8, 4) is 0 Å². The van der Waals surface area contributed by atoms with Gasteiger partial charge >= 0.3 is 0 Å². The number of piperidine rings is 1. The number of hydrogen-bond acceptors (Lipinski definition) is 5. The Labute approximate surface area is 226 Å². The molecule has 1 fully saturated rings. The van der Waals surface area contributed by atoms with E-state index in [-0.39, 0.29) is 11.8 Å². The molecule has 0 bridgehead atoms. The molecule has 0 aliphatic carbocycles. The monoisotopic (exact) mass is 549 g/mol. The highest BCUT2D eigenvalue weighted by Crippen LogP contribution is 2.36. The zero-order valence-corrected chi connectivity index (χ0v) is 24.0. The molecule has 1 aliphatic rings. The number of aliphatic hydroxyl groups is 1. The largest absolute Gasteiger partial charge is 0.385 e. The summed E-state index contributed by atoms with van der Waals surface area (Å²) < 4.78 is 26.2. The van der Waals surface area contributed by atoms with Gasteiger partial charge in [-0.25, -0.2) is 13.1 Å². The summed E-state index contributed by atoms with van der Waals surface area (Å²) in [6, 6.07) is 13.3. The highest BCUT2D eigenvalue weighted by molar-refractivity contribution is 7.90.